The van der Waals surface area contributed by atoms with Gasteiger partial charge in [-0.25, -0.2) is 0 Å². The lowest BCUT2D eigenvalue weighted by atomic mass is 10.1. The highest BCUT2D eigenvalue weighted by atomic mass is 32.2. The number of phenols is 1. The van der Waals surface area contributed by atoms with Crippen LogP contribution in [0.1, 0.15) is 18.4 Å². The molecular weight excluding hydrogens is 362 g/mol. The number of imide groups is 1. The van der Waals surface area contributed by atoms with Crippen LogP contribution >= 0.6 is 11.8 Å². The van der Waals surface area contributed by atoms with Crippen molar-refractivity contribution in [3.63, 3.8) is 0 Å². The van der Waals surface area contributed by atoms with E-state index in [4.69, 9.17) is 0 Å². The highest BCUT2D eigenvalue weighted by Crippen LogP contribution is 2.36. The summed E-state index contributed by atoms with van der Waals surface area (Å²) in [6.07, 6.45) is 3.02. The second kappa shape index (κ2) is 7.16. The number of rotatable bonds is 4. The Labute approximate surface area is 152 Å². The maximum Gasteiger partial charge on any atom is 0.311 e. The van der Waals surface area contributed by atoms with Crippen molar-refractivity contribution in [2.75, 3.05) is 19.6 Å². The summed E-state index contributed by atoms with van der Waals surface area (Å²) in [5.74, 6) is -1.53. The van der Waals surface area contributed by atoms with Crippen molar-refractivity contribution in [1.29, 1.82) is 0 Å². The summed E-state index contributed by atoms with van der Waals surface area (Å²) < 4.78 is 0. The number of phenolic OH excluding ortho intramolecular Hbond substituents is 1. The van der Waals surface area contributed by atoms with Crippen molar-refractivity contribution in [2.24, 2.45) is 0 Å². The monoisotopic (exact) mass is 377 g/mol. The molecule has 3 amide bonds. The molecule has 0 aromatic heterocycles. The molecule has 1 aromatic carbocycles. The topological polar surface area (TPSA) is 121 Å². The van der Waals surface area contributed by atoms with E-state index in [-0.39, 0.29) is 22.9 Å². The predicted octanol–water partition coefficient (Wildman–Crippen LogP) is 1.96. The molecule has 0 bridgehead atoms. The fourth-order valence-electron chi connectivity index (χ4n) is 2.79. The molecule has 1 N–H and O–H groups in total. The first-order valence-electron chi connectivity index (χ1n) is 7.88. The van der Waals surface area contributed by atoms with E-state index in [2.05, 4.69) is 0 Å². The summed E-state index contributed by atoms with van der Waals surface area (Å²) in [5.41, 5.74) is -0.447. The van der Waals surface area contributed by atoms with Crippen LogP contribution in [-0.4, -0.2) is 56.5 Å². The van der Waals surface area contributed by atoms with E-state index < -0.39 is 27.5 Å². The molecule has 9 nitrogen and oxygen atoms in total. The first-order valence-corrected chi connectivity index (χ1v) is 8.69. The minimum Gasteiger partial charge on any atom is -0.502 e. The number of nitro benzene ring substituents is 1. The van der Waals surface area contributed by atoms with Crippen LogP contribution in [0.3, 0.4) is 0 Å². The van der Waals surface area contributed by atoms with Gasteiger partial charge in [0.1, 0.15) is 6.54 Å². The van der Waals surface area contributed by atoms with Crippen molar-refractivity contribution in [3.8, 4) is 5.75 Å². The van der Waals surface area contributed by atoms with Crippen molar-refractivity contribution in [2.45, 2.75) is 12.8 Å². The predicted molar refractivity (Wildman–Crippen MR) is 93.3 cm³/mol. The molecule has 2 heterocycles. The highest BCUT2D eigenvalue weighted by molar-refractivity contribution is 8.18. The van der Waals surface area contributed by atoms with Crippen LogP contribution < -0.4 is 0 Å². The van der Waals surface area contributed by atoms with Gasteiger partial charge in [0.05, 0.1) is 9.83 Å². The fraction of sp³-hybridized carbons (Fsp3) is 0.312. The Hall–Kier alpha value is -2.88. The SMILES string of the molecule is O=C(CN1C(=O)S/C(=C\c2cccc([N+](=O)[O-])c2O)C1=O)N1CCCC1. The van der Waals surface area contributed by atoms with Crippen LogP contribution in [0.15, 0.2) is 23.1 Å². The number of para-hydroxylation sites is 1. The number of aromatic hydroxyl groups is 1. The molecule has 2 saturated heterocycles. The molecule has 10 heteroatoms. The first kappa shape index (κ1) is 17.9. The maximum atomic E-state index is 12.4. The van der Waals surface area contributed by atoms with Gasteiger partial charge in [-0.1, -0.05) is 12.1 Å². The summed E-state index contributed by atoms with van der Waals surface area (Å²) in [6, 6.07) is 3.89. The maximum absolute atomic E-state index is 12.4. The van der Waals surface area contributed by atoms with Crippen LogP contribution in [-0.2, 0) is 9.59 Å². The molecule has 0 aliphatic carbocycles. The van der Waals surface area contributed by atoms with Crippen LogP contribution in [0.4, 0.5) is 10.5 Å². The third-order valence-corrected chi connectivity index (χ3v) is 5.06. The zero-order valence-corrected chi connectivity index (χ0v) is 14.4. The number of amides is 3. The average molecular weight is 377 g/mol. The van der Waals surface area contributed by atoms with Gasteiger partial charge in [-0.2, -0.15) is 0 Å². The highest BCUT2D eigenvalue weighted by Gasteiger charge is 2.37. The standard InChI is InChI=1S/C16H15N3O6S/c20-13(17-6-1-2-7-17)9-18-15(22)12(26-16(18)23)8-10-4-3-5-11(14(10)21)19(24)25/h3-5,8,21H,1-2,6-7,9H2/b12-8-. The second-order valence-corrected chi connectivity index (χ2v) is 6.82. The number of hydrogen-bond acceptors (Lipinski definition) is 7. The summed E-state index contributed by atoms with van der Waals surface area (Å²) in [5, 5.41) is 20.3. The van der Waals surface area contributed by atoms with Gasteiger partial charge < -0.3 is 10.0 Å². The fourth-order valence-corrected chi connectivity index (χ4v) is 3.62. The van der Waals surface area contributed by atoms with E-state index in [1.54, 1.807) is 4.90 Å². The first-order chi connectivity index (χ1) is 12.4. The number of hydrogen-bond donors (Lipinski definition) is 1. The number of nitro groups is 1. The molecular formula is C16H15N3O6S. The lowest BCUT2D eigenvalue weighted by Gasteiger charge is -2.18. The van der Waals surface area contributed by atoms with Crippen molar-refractivity contribution < 1.29 is 24.4 Å². The van der Waals surface area contributed by atoms with E-state index in [9.17, 15) is 29.6 Å². The largest absolute Gasteiger partial charge is 0.502 e. The molecule has 1 aromatic rings. The quantitative estimate of drug-likeness (QED) is 0.483. The van der Waals surface area contributed by atoms with Crippen LogP contribution in [0.25, 0.3) is 6.08 Å². The Bertz CT molecular complexity index is 831. The van der Waals surface area contributed by atoms with Gasteiger partial charge in [0, 0.05) is 24.7 Å². The number of likely N-dealkylation sites (tertiary alicyclic amines) is 1. The van der Waals surface area contributed by atoms with Gasteiger partial charge in [0.25, 0.3) is 11.1 Å². The Kier molecular flexibility index (Phi) is 4.94. The molecule has 2 aliphatic heterocycles. The molecule has 0 saturated carbocycles. The van der Waals surface area contributed by atoms with Crippen molar-refractivity contribution in [3.05, 3.63) is 38.8 Å². The second-order valence-electron chi connectivity index (χ2n) is 5.83. The third kappa shape index (κ3) is 3.40. The molecule has 0 unspecified atom stereocenters. The van der Waals surface area contributed by atoms with Gasteiger partial charge in [-0.05, 0) is 30.7 Å². The number of carbonyl (C=O) groups is 3. The number of nitrogens with zero attached hydrogens (tertiary/aromatic N) is 3. The van der Waals surface area contributed by atoms with E-state index in [1.807, 2.05) is 0 Å². The van der Waals surface area contributed by atoms with Gasteiger partial charge in [-0.15, -0.1) is 0 Å². The summed E-state index contributed by atoms with van der Waals surface area (Å²) in [6.45, 7) is 0.905. The van der Waals surface area contributed by atoms with Crippen molar-refractivity contribution >= 4 is 40.6 Å². The van der Waals surface area contributed by atoms with Gasteiger partial charge >= 0.3 is 5.69 Å². The number of benzene rings is 1. The van der Waals surface area contributed by atoms with E-state index in [0.29, 0.717) is 24.9 Å². The molecule has 2 fully saturated rings. The number of thioether (sulfide) groups is 1. The molecule has 2 aliphatic rings. The molecule has 0 atom stereocenters. The van der Waals surface area contributed by atoms with E-state index in [0.717, 1.165) is 23.8 Å². The Morgan fingerprint density at radius 3 is 2.65 bits per heavy atom. The molecule has 3 rings (SSSR count). The number of carbonyl (C=O) groups excluding carboxylic acids is 3. The van der Waals surface area contributed by atoms with Crippen LogP contribution in [0.2, 0.25) is 0 Å². The van der Waals surface area contributed by atoms with E-state index in [1.165, 1.54) is 18.2 Å². The van der Waals surface area contributed by atoms with Gasteiger partial charge in [0.15, 0.2) is 0 Å². The average Bonchev–Trinajstić information content (AvgIpc) is 3.21. The summed E-state index contributed by atoms with van der Waals surface area (Å²) >= 11 is 0.631. The van der Waals surface area contributed by atoms with Gasteiger partial charge in [-0.3, -0.25) is 29.4 Å². The van der Waals surface area contributed by atoms with Crippen LogP contribution in [0, 0.1) is 10.1 Å². The molecule has 136 valence electrons. The summed E-state index contributed by atoms with van der Waals surface area (Å²) in [7, 11) is 0. The Morgan fingerprint density at radius 2 is 2.00 bits per heavy atom. The third-order valence-electron chi connectivity index (χ3n) is 4.15. The van der Waals surface area contributed by atoms with E-state index >= 15 is 0 Å². The molecule has 0 radical (unpaired) electrons. The van der Waals surface area contributed by atoms with Gasteiger partial charge in [0.2, 0.25) is 11.7 Å². The minimum absolute atomic E-state index is 0.0000184. The Morgan fingerprint density at radius 1 is 1.31 bits per heavy atom. The van der Waals surface area contributed by atoms with Crippen molar-refractivity contribution in [1.82, 2.24) is 9.80 Å². The molecule has 26 heavy (non-hydrogen) atoms. The normalized spacial score (nSPS) is 18.8. The lowest BCUT2D eigenvalue weighted by Crippen LogP contribution is -2.40. The lowest BCUT2D eigenvalue weighted by molar-refractivity contribution is -0.385. The zero-order valence-electron chi connectivity index (χ0n) is 13.6. The zero-order chi connectivity index (χ0) is 18.8. The smallest absolute Gasteiger partial charge is 0.311 e. The Balaban J connectivity index is 1.80. The minimum atomic E-state index is -0.743. The van der Waals surface area contributed by atoms with Crippen LogP contribution in [0.5, 0.6) is 5.75 Å². The molecule has 0 spiro atoms. The summed E-state index contributed by atoms with van der Waals surface area (Å²) in [4.78, 5) is 49.3.